The minimum Gasteiger partial charge on any atom is -0.462 e. The number of carbonyl (C=O) groups is 1. The van der Waals surface area contributed by atoms with E-state index in [2.05, 4.69) is 25.4 Å². The normalized spacial score (nSPS) is 10.6. The predicted octanol–water partition coefficient (Wildman–Crippen LogP) is 3.50. The summed E-state index contributed by atoms with van der Waals surface area (Å²) in [7, 11) is 0. The van der Waals surface area contributed by atoms with Crippen molar-refractivity contribution in [3.63, 3.8) is 0 Å². The molecule has 0 spiro atoms. The smallest absolute Gasteiger partial charge is 0.387 e. The van der Waals surface area contributed by atoms with Crippen LogP contribution in [0.5, 0.6) is 5.75 Å². The van der Waals surface area contributed by atoms with E-state index < -0.39 is 18.4 Å². The largest absolute Gasteiger partial charge is 0.462 e. The fraction of sp³-hybridized carbons (Fsp3) is 0.364. The third-order valence-corrected chi connectivity index (χ3v) is 2.61. The van der Waals surface area contributed by atoms with Crippen molar-refractivity contribution >= 4 is 21.9 Å². The second-order valence-corrected chi connectivity index (χ2v) is 3.73. The monoisotopic (exact) mass is 326 g/mol. The lowest BCUT2D eigenvalue weighted by Gasteiger charge is -2.11. The number of hydrogen-bond acceptors (Lipinski definition) is 3. The second-order valence-electron chi connectivity index (χ2n) is 3.17. The number of alkyl halides is 3. The van der Waals surface area contributed by atoms with Gasteiger partial charge in [-0.2, -0.15) is 8.78 Å². The summed E-state index contributed by atoms with van der Waals surface area (Å²) in [5.41, 5.74) is -0.0762. The summed E-state index contributed by atoms with van der Waals surface area (Å²) in [5, 5.41) is 0.141. The van der Waals surface area contributed by atoms with Gasteiger partial charge in [-0.15, -0.1) is 0 Å². The Hall–Kier alpha value is -1.24. The fourth-order valence-corrected chi connectivity index (χ4v) is 1.71. The van der Waals surface area contributed by atoms with Gasteiger partial charge >= 0.3 is 12.6 Å². The van der Waals surface area contributed by atoms with Crippen LogP contribution in [0.2, 0.25) is 0 Å². The summed E-state index contributed by atoms with van der Waals surface area (Å²) in [5.74, 6) is -2.12. The topological polar surface area (TPSA) is 35.5 Å². The summed E-state index contributed by atoms with van der Waals surface area (Å²) >= 11 is 3.05. The lowest BCUT2D eigenvalue weighted by atomic mass is 10.1. The molecule has 0 fully saturated rings. The Morgan fingerprint density at radius 2 is 2.11 bits per heavy atom. The van der Waals surface area contributed by atoms with Crippen LogP contribution in [-0.2, 0) is 10.1 Å². The lowest BCUT2D eigenvalue weighted by Crippen LogP contribution is -2.10. The molecule has 3 nitrogen and oxygen atoms in total. The maximum atomic E-state index is 13.5. The molecule has 0 unspecified atom stereocenters. The molecule has 1 aromatic carbocycles. The molecule has 0 aliphatic rings. The van der Waals surface area contributed by atoms with E-state index in [-0.39, 0.29) is 28.8 Å². The first kappa shape index (κ1) is 14.8. The van der Waals surface area contributed by atoms with Crippen molar-refractivity contribution < 1.29 is 27.4 Å². The molecule has 0 aliphatic carbocycles. The number of hydrogen-bond donors (Lipinski definition) is 0. The highest BCUT2D eigenvalue weighted by Crippen LogP contribution is 2.27. The van der Waals surface area contributed by atoms with Crippen LogP contribution in [0.1, 0.15) is 22.8 Å². The van der Waals surface area contributed by atoms with Crippen molar-refractivity contribution in [3.05, 3.63) is 29.1 Å². The first-order valence-electron chi connectivity index (χ1n) is 4.99. The minimum atomic E-state index is -3.06. The minimum absolute atomic E-state index is 0.0944. The summed E-state index contributed by atoms with van der Waals surface area (Å²) in [6, 6.07) is 1.87. The van der Waals surface area contributed by atoms with Gasteiger partial charge in [-0.05, 0) is 13.0 Å². The summed E-state index contributed by atoms with van der Waals surface area (Å²) in [4.78, 5) is 11.4. The molecule has 0 aromatic heterocycles. The van der Waals surface area contributed by atoms with Gasteiger partial charge in [0.25, 0.3) is 0 Å². The molecule has 0 saturated carbocycles. The molecular weight excluding hydrogens is 317 g/mol. The Morgan fingerprint density at radius 3 is 2.61 bits per heavy atom. The van der Waals surface area contributed by atoms with Crippen molar-refractivity contribution in [2.75, 3.05) is 6.61 Å². The van der Waals surface area contributed by atoms with E-state index in [9.17, 15) is 18.0 Å². The van der Waals surface area contributed by atoms with Crippen molar-refractivity contribution in [3.8, 4) is 5.75 Å². The highest BCUT2D eigenvalue weighted by Gasteiger charge is 2.18. The van der Waals surface area contributed by atoms with Gasteiger partial charge in [0.1, 0.15) is 11.6 Å². The molecule has 0 atom stereocenters. The zero-order valence-corrected chi connectivity index (χ0v) is 11.0. The molecule has 100 valence electrons. The first-order chi connectivity index (χ1) is 8.49. The molecule has 1 aromatic rings. The molecular formula is C11H10BrF3O3. The molecule has 0 bridgehead atoms. The average Bonchev–Trinajstić information content (AvgIpc) is 2.28. The van der Waals surface area contributed by atoms with Gasteiger partial charge in [-0.1, -0.05) is 15.9 Å². The number of rotatable bonds is 5. The molecule has 0 N–H and O–H groups in total. The Labute approximate surface area is 110 Å². The average molecular weight is 327 g/mol. The molecule has 0 amide bonds. The van der Waals surface area contributed by atoms with Crippen molar-refractivity contribution in [2.45, 2.75) is 18.9 Å². The lowest BCUT2D eigenvalue weighted by molar-refractivity contribution is -0.0504. The number of esters is 1. The Balaban J connectivity index is 3.13. The predicted molar refractivity (Wildman–Crippen MR) is 61.6 cm³/mol. The van der Waals surface area contributed by atoms with Crippen LogP contribution < -0.4 is 4.74 Å². The summed E-state index contributed by atoms with van der Waals surface area (Å²) in [6.45, 7) is -1.39. The molecule has 7 heteroatoms. The van der Waals surface area contributed by atoms with Crippen LogP contribution >= 0.6 is 15.9 Å². The van der Waals surface area contributed by atoms with E-state index in [1.165, 1.54) is 0 Å². The van der Waals surface area contributed by atoms with E-state index in [0.29, 0.717) is 0 Å². The SMILES string of the molecule is CCOC(=O)c1cc(CBr)c(OC(F)F)cc1F. The quantitative estimate of drug-likeness (QED) is 0.613. The zero-order chi connectivity index (χ0) is 13.7. The van der Waals surface area contributed by atoms with Gasteiger partial charge in [0.2, 0.25) is 0 Å². The van der Waals surface area contributed by atoms with Gasteiger partial charge in [0.05, 0.1) is 12.2 Å². The van der Waals surface area contributed by atoms with Gasteiger partial charge < -0.3 is 9.47 Å². The second kappa shape index (κ2) is 6.63. The van der Waals surface area contributed by atoms with Crippen LogP contribution in [0, 0.1) is 5.82 Å². The Morgan fingerprint density at radius 1 is 1.44 bits per heavy atom. The zero-order valence-electron chi connectivity index (χ0n) is 9.38. The van der Waals surface area contributed by atoms with Crippen LogP contribution in [0.15, 0.2) is 12.1 Å². The van der Waals surface area contributed by atoms with Crippen LogP contribution in [-0.4, -0.2) is 19.2 Å². The summed E-state index contributed by atoms with van der Waals surface area (Å²) in [6.07, 6.45) is 0. The van der Waals surface area contributed by atoms with E-state index >= 15 is 0 Å². The number of carbonyl (C=O) groups excluding carboxylic acids is 1. The molecule has 0 radical (unpaired) electrons. The Bertz CT molecular complexity index is 438. The first-order valence-corrected chi connectivity index (χ1v) is 6.12. The Kier molecular flexibility index (Phi) is 5.46. The van der Waals surface area contributed by atoms with E-state index in [1.54, 1.807) is 6.92 Å². The summed E-state index contributed by atoms with van der Waals surface area (Å²) < 4.78 is 46.5. The molecule has 1 rings (SSSR count). The number of benzene rings is 1. The van der Waals surface area contributed by atoms with Gasteiger partial charge in [0.15, 0.2) is 0 Å². The molecule has 0 aliphatic heterocycles. The molecule has 0 saturated heterocycles. The highest BCUT2D eigenvalue weighted by molar-refractivity contribution is 9.08. The maximum Gasteiger partial charge on any atom is 0.387 e. The van der Waals surface area contributed by atoms with E-state index in [1.807, 2.05) is 0 Å². The van der Waals surface area contributed by atoms with Crippen LogP contribution in [0.25, 0.3) is 0 Å². The van der Waals surface area contributed by atoms with Crippen LogP contribution in [0.3, 0.4) is 0 Å². The van der Waals surface area contributed by atoms with Gasteiger partial charge in [0, 0.05) is 17.0 Å². The highest BCUT2D eigenvalue weighted by atomic mass is 79.9. The van der Waals surface area contributed by atoms with Crippen molar-refractivity contribution in [2.24, 2.45) is 0 Å². The third-order valence-electron chi connectivity index (χ3n) is 2.01. The van der Waals surface area contributed by atoms with E-state index in [0.717, 1.165) is 12.1 Å². The van der Waals surface area contributed by atoms with Crippen molar-refractivity contribution in [1.29, 1.82) is 0 Å². The van der Waals surface area contributed by atoms with Crippen LogP contribution in [0.4, 0.5) is 13.2 Å². The molecule has 0 heterocycles. The molecule has 18 heavy (non-hydrogen) atoms. The standard InChI is InChI=1S/C11H10BrF3O3/c1-2-17-10(16)7-3-6(5-12)9(4-8(7)13)18-11(14)15/h3-4,11H,2,5H2,1H3. The number of halogens is 4. The fourth-order valence-electron chi connectivity index (χ4n) is 1.28. The van der Waals surface area contributed by atoms with Gasteiger partial charge in [-0.3, -0.25) is 0 Å². The van der Waals surface area contributed by atoms with Gasteiger partial charge in [-0.25, -0.2) is 9.18 Å². The third kappa shape index (κ3) is 3.63. The van der Waals surface area contributed by atoms with Crippen molar-refractivity contribution in [1.82, 2.24) is 0 Å². The van der Waals surface area contributed by atoms with E-state index in [4.69, 9.17) is 0 Å². The maximum absolute atomic E-state index is 13.5. The number of ether oxygens (including phenoxy) is 2.